The average molecular weight is 249 g/mol. The Hall–Kier alpha value is -1.02. The zero-order valence-corrected chi connectivity index (χ0v) is 12.2. The van der Waals surface area contributed by atoms with Crippen LogP contribution in [0.1, 0.15) is 52.1 Å². The number of hydrogen-bond acceptors (Lipinski definition) is 2. The SMILES string of the molecule is CCCOc1ccc(C(C)NCCC(C)C)cc1. The zero-order chi connectivity index (χ0) is 13.4. The minimum absolute atomic E-state index is 0.406. The fourth-order valence-electron chi connectivity index (χ4n) is 1.78. The molecule has 0 saturated heterocycles. The molecule has 18 heavy (non-hydrogen) atoms. The van der Waals surface area contributed by atoms with Gasteiger partial charge >= 0.3 is 0 Å². The molecule has 2 nitrogen and oxygen atoms in total. The van der Waals surface area contributed by atoms with Crippen LogP contribution >= 0.6 is 0 Å². The lowest BCUT2D eigenvalue weighted by molar-refractivity contribution is 0.317. The Bertz CT molecular complexity index is 318. The third-order valence-electron chi connectivity index (χ3n) is 3.03. The molecule has 1 unspecified atom stereocenters. The van der Waals surface area contributed by atoms with Crippen LogP contribution in [0.3, 0.4) is 0 Å². The average Bonchev–Trinajstić information content (AvgIpc) is 2.36. The summed E-state index contributed by atoms with van der Waals surface area (Å²) < 4.78 is 5.58. The highest BCUT2D eigenvalue weighted by molar-refractivity contribution is 5.28. The Labute approximate surface area is 112 Å². The normalized spacial score (nSPS) is 12.7. The van der Waals surface area contributed by atoms with Gasteiger partial charge in [0.1, 0.15) is 5.75 Å². The fraction of sp³-hybridized carbons (Fsp3) is 0.625. The second-order valence-electron chi connectivity index (χ2n) is 5.28. The minimum Gasteiger partial charge on any atom is -0.494 e. The van der Waals surface area contributed by atoms with E-state index in [1.165, 1.54) is 12.0 Å². The van der Waals surface area contributed by atoms with E-state index < -0.39 is 0 Å². The van der Waals surface area contributed by atoms with E-state index in [0.717, 1.165) is 31.2 Å². The predicted molar refractivity (Wildman–Crippen MR) is 78.1 cm³/mol. The molecule has 1 rings (SSSR count). The summed E-state index contributed by atoms with van der Waals surface area (Å²) in [6.07, 6.45) is 2.27. The molecule has 0 heterocycles. The highest BCUT2D eigenvalue weighted by Crippen LogP contribution is 2.17. The van der Waals surface area contributed by atoms with Gasteiger partial charge in [-0.05, 0) is 49.9 Å². The van der Waals surface area contributed by atoms with Gasteiger partial charge in [-0.3, -0.25) is 0 Å². The van der Waals surface area contributed by atoms with Crippen LogP contribution in [0.15, 0.2) is 24.3 Å². The van der Waals surface area contributed by atoms with Gasteiger partial charge in [0.15, 0.2) is 0 Å². The molecule has 2 heteroatoms. The van der Waals surface area contributed by atoms with Crippen LogP contribution in [0.4, 0.5) is 0 Å². The van der Waals surface area contributed by atoms with Crippen LogP contribution in [-0.4, -0.2) is 13.2 Å². The summed E-state index contributed by atoms with van der Waals surface area (Å²) in [4.78, 5) is 0. The molecule has 1 aromatic carbocycles. The van der Waals surface area contributed by atoms with E-state index in [4.69, 9.17) is 4.74 Å². The molecule has 0 saturated carbocycles. The third kappa shape index (κ3) is 5.54. The molecule has 0 aromatic heterocycles. The summed E-state index contributed by atoms with van der Waals surface area (Å²) >= 11 is 0. The highest BCUT2D eigenvalue weighted by atomic mass is 16.5. The van der Waals surface area contributed by atoms with E-state index >= 15 is 0 Å². The first-order chi connectivity index (χ1) is 8.63. The van der Waals surface area contributed by atoms with Crippen LogP contribution < -0.4 is 10.1 Å². The molecule has 102 valence electrons. The van der Waals surface area contributed by atoms with E-state index in [1.807, 2.05) is 0 Å². The van der Waals surface area contributed by atoms with Crippen molar-refractivity contribution in [1.29, 1.82) is 0 Å². The smallest absolute Gasteiger partial charge is 0.119 e. The van der Waals surface area contributed by atoms with Crippen molar-refractivity contribution in [2.75, 3.05) is 13.2 Å². The van der Waals surface area contributed by atoms with Crippen LogP contribution in [-0.2, 0) is 0 Å². The molecule has 0 bridgehead atoms. The van der Waals surface area contributed by atoms with E-state index in [2.05, 4.69) is 57.3 Å². The summed E-state index contributed by atoms with van der Waals surface area (Å²) in [7, 11) is 0. The lowest BCUT2D eigenvalue weighted by atomic mass is 10.1. The van der Waals surface area contributed by atoms with Crippen molar-refractivity contribution in [2.24, 2.45) is 5.92 Å². The van der Waals surface area contributed by atoms with Crippen molar-refractivity contribution in [2.45, 2.75) is 46.6 Å². The summed E-state index contributed by atoms with van der Waals surface area (Å²) in [5.41, 5.74) is 1.32. The van der Waals surface area contributed by atoms with Crippen molar-refractivity contribution in [1.82, 2.24) is 5.32 Å². The first-order valence-electron chi connectivity index (χ1n) is 7.09. The Balaban J connectivity index is 2.40. The molecule has 0 spiro atoms. The molecular weight excluding hydrogens is 222 g/mol. The molecule has 0 amide bonds. The van der Waals surface area contributed by atoms with Crippen molar-refractivity contribution in [3.05, 3.63) is 29.8 Å². The van der Waals surface area contributed by atoms with Crippen molar-refractivity contribution < 1.29 is 4.74 Å². The maximum atomic E-state index is 5.58. The van der Waals surface area contributed by atoms with E-state index in [1.54, 1.807) is 0 Å². The third-order valence-corrected chi connectivity index (χ3v) is 3.03. The van der Waals surface area contributed by atoms with Gasteiger partial charge in [-0.25, -0.2) is 0 Å². The van der Waals surface area contributed by atoms with Crippen molar-refractivity contribution >= 4 is 0 Å². The molecule has 1 aromatic rings. The maximum Gasteiger partial charge on any atom is 0.119 e. The Morgan fingerprint density at radius 2 is 1.78 bits per heavy atom. The van der Waals surface area contributed by atoms with Gasteiger partial charge in [0.05, 0.1) is 6.61 Å². The Morgan fingerprint density at radius 3 is 2.33 bits per heavy atom. The predicted octanol–water partition coefficient (Wildman–Crippen LogP) is 4.17. The molecule has 0 fully saturated rings. The molecule has 1 N–H and O–H groups in total. The van der Waals surface area contributed by atoms with Crippen LogP contribution in [0.25, 0.3) is 0 Å². The van der Waals surface area contributed by atoms with E-state index in [-0.39, 0.29) is 0 Å². The summed E-state index contributed by atoms with van der Waals surface area (Å²) in [5, 5.41) is 3.55. The van der Waals surface area contributed by atoms with E-state index in [9.17, 15) is 0 Å². The van der Waals surface area contributed by atoms with Gasteiger partial charge in [-0.15, -0.1) is 0 Å². The summed E-state index contributed by atoms with van der Waals surface area (Å²) in [6, 6.07) is 8.83. The summed E-state index contributed by atoms with van der Waals surface area (Å²) in [5.74, 6) is 1.73. The number of nitrogens with one attached hydrogen (secondary N) is 1. The van der Waals surface area contributed by atoms with Crippen LogP contribution in [0.2, 0.25) is 0 Å². The molecular formula is C16H27NO. The standard InChI is InChI=1S/C16H27NO/c1-5-12-18-16-8-6-15(7-9-16)14(4)17-11-10-13(2)3/h6-9,13-14,17H,5,10-12H2,1-4H3. The molecule has 1 atom stereocenters. The molecule has 0 aliphatic heterocycles. The quantitative estimate of drug-likeness (QED) is 0.746. The number of benzene rings is 1. The minimum atomic E-state index is 0.406. The highest BCUT2D eigenvalue weighted by Gasteiger charge is 2.05. The molecule has 0 radical (unpaired) electrons. The Kier molecular flexibility index (Phi) is 6.81. The van der Waals surface area contributed by atoms with Gasteiger partial charge in [0.25, 0.3) is 0 Å². The fourth-order valence-corrected chi connectivity index (χ4v) is 1.78. The monoisotopic (exact) mass is 249 g/mol. The largest absolute Gasteiger partial charge is 0.494 e. The lowest BCUT2D eigenvalue weighted by Gasteiger charge is -2.15. The lowest BCUT2D eigenvalue weighted by Crippen LogP contribution is -2.20. The van der Waals surface area contributed by atoms with Gasteiger partial charge in [0, 0.05) is 6.04 Å². The van der Waals surface area contributed by atoms with Crippen molar-refractivity contribution in [3.63, 3.8) is 0 Å². The van der Waals surface area contributed by atoms with Gasteiger partial charge in [-0.1, -0.05) is 32.9 Å². The van der Waals surface area contributed by atoms with Gasteiger partial charge in [-0.2, -0.15) is 0 Å². The molecule has 0 aliphatic rings. The number of hydrogen-bond donors (Lipinski definition) is 1. The zero-order valence-electron chi connectivity index (χ0n) is 12.2. The first kappa shape index (κ1) is 15.0. The Morgan fingerprint density at radius 1 is 1.11 bits per heavy atom. The maximum absolute atomic E-state index is 5.58. The van der Waals surface area contributed by atoms with Crippen LogP contribution in [0, 0.1) is 5.92 Å². The molecule has 0 aliphatic carbocycles. The van der Waals surface area contributed by atoms with Gasteiger partial charge in [0.2, 0.25) is 0 Å². The number of ether oxygens (including phenoxy) is 1. The van der Waals surface area contributed by atoms with E-state index in [0.29, 0.717) is 6.04 Å². The van der Waals surface area contributed by atoms with Gasteiger partial charge < -0.3 is 10.1 Å². The number of rotatable bonds is 8. The topological polar surface area (TPSA) is 21.3 Å². The van der Waals surface area contributed by atoms with Crippen LogP contribution in [0.5, 0.6) is 5.75 Å². The second-order valence-corrected chi connectivity index (χ2v) is 5.28. The first-order valence-corrected chi connectivity index (χ1v) is 7.09. The van der Waals surface area contributed by atoms with Crippen molar-refractivity contribution in [3.8, 4) is 5.75 Å². The second kappa shape index (κ2) is 8.15. The summed E-state index contributed by atoms with van der Waals surface area (Å²) in [6.45, 7) is 10.7.